The molecule has 2 unspecified atom stereocenters. The number of nitrogens with two attached hydrogens (primary N) is 1. The first-order valence-corrected chi connectivity index (χ1v) is 5.88. The van der Waals surface area contributed by atoms with Gasteiger partial charge in [-0.15, -0.1) is 0 Å². The number of nitrogens with zero attached hydrogens (tertiary/aromatic N) is 1. The third-order valence-electron chi connectivity index (χ3n) is 3.43. The predicted molar refractivity (Wildman–Crippen MR) is 63.9 cm³/mol. The fourth-order valence-electron chi connectivity index (χ4n) is 2.22. The molecule has 0 aromatic heterocycles. The summed E-state index contributed by atoms with van der Waals surface area (Å²) in [7, 11) is 0. The van der Waals surface area contributed by atoms with Crippen molar-refractivity contribution in [1.29, 1.82) is 0 Å². The molecule has 1 heterocycles. The minimum absolute atomic E-state index is 0.0413. The molecule has 0 saturated carbocycles. The molecule has 1 saturated heterocycles. The lowest BCUT2D eigenvalue weighted by Crippen LogP contribution is -2.41. The van der Waals surface area contributed by atoms with E-state index in [1.807, 2.05) is 6.92 Å². The first-order chi connectivity index (χ1) is 8.09. The molecule has 1 aliphatic heterocycles. The van der Waals surface area contributed by atoms with Gasteiger partial charge < -0.3 is 10.6 Å². The summed E-state index contributed by atoms with van der Waals surface area (Å²) in [5.41, 5.74) is 6.31. The number of amides is 1. The molecule has 2 rings (SSSR count). The largest absolute Gasteiger partial charge is 0.338 e. The van der Waals surface area contributed by atoms with Gasteiger partial charge in [-0.1, -0.05) is 18.2 Å². The number of rotatable bonds is 2. The molecule has 1 aromatic rings. The number of likely N-dealkylation sites (tertiary alicyclic amines) is 1. The van der Waals surface area contributed by atoms with Crippen LogP contribution < -0.4 is 5.73 Å². The van der Waals surface area contributed by atoms with Crippen molar-refractivity contribution in [3.8, 4) is 0 Å². The van der Waals surface area contributed by atoms with Crippen LogP contribution in [0.1, 0.15) is 18.9 Å². The number of carbonyl (C=O) groups excluding carboxylic acids is 1. The lowest BCUT2D eigenvalue weighted by molar-refractivity contribution is -0.131. The Kier molecular flexibility index (Phi) is 3.43. The fraction of sp³-hybridized carbons (Fsp3) is 0.462. The summed E-state index contributed by atoms with van der Waals surface area (Å²) in [4.78, 5) is 13.8. The Morgan fingerprint density at radius 3 is 2.82 bits per heavy atom. The first-order valence-electron chi connectivity index (χ1n) is 5.88. The van der Waals surface area contributed by atoms with Gasteiger partial charge in [-0.2, -0.15) is 0 Å². The van der Waals surface area contributed by atoms with Gasteiger partial charge in [0.2, 0.25) is 5.91 Å². The molecule has 0 bridgehead atoms. The van der Waals surface area contributed by atoms with Crippen LogP contribution >= 0.6 is 0 Å². The zero-order valence-electron chi connectivity index (χ0n) is 9.90. The second kappa shape index (κ2) is 4.84. The molecule has 17 heavy (non-hydrogen) atoms. The molecule has 1 fully saturated rings. The number of benzene rings is 1. The predicted octanol–water partition coefficient (Wildman–Crippen LogP) is 1.32. The van der Waals surface area contributed by atoms with E-state index in [1.165, 1.54) is 6.07 Å². The summed E-state index contributed by atoms with van der Waals surface area (Å²) in [6.07, 6.45) is 0.938. The average Bonchev–Trinajstić information content (AvgIpc) is 2.63. The molecule has 0 radical (unpaired) electrons. The minimum Gasteiger partial charge on any atom is -0.338 e. The van der Waals surface area contributed by atoms with Crippen LogP contribution in [0.4, 0.5) is 4.39 Å². The number of halogens is 1. The lowest BCUT2D eigenvalue weighted by atomic mass is 10.1. The Balaban J connectivity index is 2.05. The third kappa shape index (κ3) is 2.47. The van der Waals surface area contributed by atoms with Crippen molar-refractivity contribution < 1.29 is 9.18 Å². The van der Waals surface area contributed by atoms with E-state index in [9.17, 15) is 9.18 Å². The summed E-state index contributed by atoms with van der Waals surface area (Å²) >= 11 is 0. The van der Waals surface area contributed by atoms with Crippen LogP contribution in [0.2, 0.25) is 0 Å². The van der Waals surface area contributed by atoms with Gasteiger partial charge in [0.05, 0.1) is 6.42 Å². The quantitative estimate of drug-likeness (QED) is 0.841. The van der Waals surface area contributed by atoms with E-state index < -0.39 is 0 Å². The Labute approximate surface area is 100 Å². The molecule has 2 N–H and O–H groups in total. The molecule has 92 valence electrons. The number of hydrogen-bond donors (Lipinski definition) is 1. The van der Waals surface area contributed by atoms with E-state index in [0.717, 1.165) is 6.42 Å². The Morgan fingerprint density at radius 2 is 2.24 bits per heavy atom. The molecule has 1 aromatic carbocycles. The molecule has 1 aliphatic rings. The average molecular weight is 236 g/mol. The SMILES string of the molecule is CC1C(N)CCN1C(=O)Cc1ccccc1F. The normalized spacial score (nSPS) is 24.1. The molecule has 0 aliphatic carbocycles. The van der Waals surface area contributed by atoms with Crippen molar-refractivity contribution in [3.63, 3.8) is 0 Å². The monoisotopic (exact) mass is 236 g/mol. The van der Waals surface area contributed by atoms with Gasteiger partial charge >= 0.3 is 0 Å². The topological polar surface area (TPSA) is 46.3 Å². The molecular formula is C13H17FN2O. The van der Waals surface area contributed by atoms with E-state index >= 15 is 0 Å². The van der Waals surface area contributed by atoms with Crippen molar-refractivity contribution in [1.82, 2.24) is 4.90 Å². The maximum atomic E-state index is 13.4. The van der Waals surface area contributed by atoms with Crippen LogP contribution in [-0.4, -0.2) is 29.4 Å². The van der Waals surface area contributed by atoms with Crippen LogP contribution in [0.15, 0.2) is 24.3 Å². The molecular weight excluding hydrogens is 219 g/mol. The maximum Gasteiger partial charge on any atom is 0.227 e. The third-order valence-corrected chi connectivity index (χ3v) is 3.43. The van der Waals surface area contributed by atoms with Crippen molar-refractivity contribution >= 4 is 5.91 Å². The highest BCUT2D eigenvalue weighted by Gasteiger charge is 2.31. The van der Waals surface area contributed by atoms with Gasteiger partial charge in [-0.05, 0) is 25.0 Å². The van der Waals surface area contributed by atoms with E-state index in [0.29, 0.717) is 12.1 Å². The van der Waals surface area contributed by atoms with Crippen molar-refractivity contribution in [2.75, 3.05) is 6.54 Å². The zero-order valence-corrected chi connectivity index (χ0v) is 9.90. The van der Waals surface area contributed by atoms with Crippen molar-refractivity contribution in [3.05, 3.63) is 35.6 Å². The molecule has 2 atom stereocenters. The second-order valence-electron chi connectivity index (χ2n) is 4.55. The summed E-state index contributed by atoms with van der Waals surface area (Å²) in [5.74, 6) is -0.368. The maximum absolute atomic E-state index is 13.4. The van der Waals surface area contributed by atoms with Crippen LogP contribution in [-0.2, 0) is 11.2 Å². The highest BCUT2D eigenvalue weighted by molar-refractivity contribution is 5.79. The van der Waals surface area contributed by atoms with Gasteiger partial charge in [-0.3, -0.25) is 4.79 Å². The zero-order chi connectivity index (χ0) is 12.4. The number of hydrogen-bond acceptors (Lipinski definition) is 2. The standard InChI is InChI=1S/C13H17FN2O/c1-9-12(15)6-7-16(9)13(17)8-10-4-2-3-5-11(10)14/h2-5,9,12H,6-8,15H2,1H3. The van der Waals surface area contributed by atoms with Crippen LogP contribution in [0.25, 0.3) is 0 Å². The van der Waals surface area contributed by atoms with Crippen molar-refractivity contribution in [2.24, 2.45) is 5.73 Å². The van der Waals surface area contributed by atoms with Crippen LogP contribution in [0.3, 0.4) is 0 Å². The highest BCUT2D eigenvalue weighted by atomic mass is 19.1. The van der Waals surface area contributed by atoms with Crippen LogP contribution in [0, 0.1) is 5.82 Å². The summed E-state index contributed by atoms with van der Waals surface area (Å²) < 4.78 is 13.4. The number of carbonyl (C=O) groups is 1. The van der Waals surface area contributed by atoms with Gasteiger partial charge in [0, 0.05) is 18.6 Å². The highest BCUT2D eigenvalue weighted by Crippen LogP contribution is 2.18. The Hall–Kier alpha value is -1.42. The molecule has 3 nitrogen and oxygen atoms in total. The fourth-order valence-corrected chi connectivity index (χ4v) is 2.22. The lowest BCUT2D eigenvalue weighted by Gasteiger charge is -2.23. The Bertz CT molecular complexity index is 422. The van der Waals surface area contributed by atoms with Crippen molar-refractivity contribution in [2.45, 2.75) is 31.8 Å². The second-order valence-corrected chi connectivity index (χ2v) is 4.55. The smallest absolute Gasteiger partial charge is 0.227 e. The van der Waals surface area contributed by atoms with E-state index in [1.54, 1.807) is 23.1 Å². The minimum atomic E-state index is -0.322. The summed E-state index contributed by atoms with van der Waals surface area (Å²) in [5, 5.41) is 0. The van der Waals surface area contributed by atoms with Gasteiger partial charge in [0.25, 0.3) is 0 Å². The van der Waals surface area contributed by atoms with E-state index in [2.05, 4.69) is 0 Å². The Morgan fingerprint density at radius 1 is 1.53 bits per heavy atom. The molecule has 0 spiro atoms. The van der Waals surface area contributed by atoms with E-state index in [4.69, 9.17) is 5.73 Å². The van der Waals surface area contributed by atoms with E-state index in [-0.39, 0.29) is 30.2 Å². The van der Waals surface area contributed by atoms with Gasteiger partial charge in [-0.25, -0.2) is 4.39 Å². The van der Waals surface area contributed by atoms with Gasteiger partial charge in [0.15, 0.2) is 0 Å². The molecule has 4 heteroatoms. The summed E-state index contributed by atoms with van der Waals surface area (Å²) in [6, 6.07) is 6.48. The molecule has 1 amide bonds. The summed E-state index contributed by atoms with van der Waals surface area (Å²) in [6.45, 7) is 2.62. The van der Waals surface area contributed by atoms with Gasteiger partial charge in [0.1, 0.15) is 5.82 Å². The first kappa shape index (κ1) is 12.0. The van der Waals surface area contributed by atoms with Crippen LogP contribution in [0.5, 0.6) is 0 Å².